The van der Waals surface area contributed by atoms with Crippen LogP contribution in [-0.2, 0) is 9.53 Å². The Hall–Kier alpha value is -0.204. The van der Waals surface area contributed by atoms with Gasteiger partial charge in [-0.1, -0.05) is 30.3 Å². The minimum absolute atomic E-state index is 0. The third kappa shape index (κ3) is 2.43. The number of carbonyl (C=O) groups is 2. The van der Waals surface area contributed by atoms with Gasteiger partial charge in [-0.25, -0.2) is 9.59 Å². The molecule has 0 saturated carbocycles. The fraction of sp³-hybridized carbons (Fsp3) is 0.111. The zero-order valence-corrected chi connectivity index (χ0v) is 6.69. The Balaban J connectivity index is 0.000000980. The predicted octanol–water partition coefficient (Wildman–Crippen LogP) is 0.346. The second-order valence-corrected chi connectivity index (χ2v) is 2.70. The molecular weight excluding hydrogens is 209 g/mol. The molecule has 1 aliphatic heterocycles. The molecule has 14 heavy (non-hydrogen) atoms. The van der Waals surface area contributed by atoms with Crippen molar-refractivity contribution in [2.45, 2.75) is 6.04 Å². The summed E-state index contributed by atoms with van der Waals surface area (Å²) in [4.78, 5) is 21.8. The summed E-state index contributed by atoms with van der Waals surface area (Å²) in [5.74, 6) is -0.545. The van der Waals surface area contributed by atoms with Gasteiger partial charge in [0, 0.05) is 0 Å². The normalized spacial score (nSPS) is 19.6. The molecule has 0 bridgehead atoms. The van der Waals surface area contributed by atoms with Crippen LogP contribution in [0.3, 0.4) is 0 Å². The fourth-order valence-electron chi connectivity index (χ4n) is 1.22. The number of ether oxygens (including phenoxy) is 1. The molecule has 0 aliphatic carbocycles. The number of esters is 1. The van der Waals surface area contributed by atoms with Crippen LogP contribution in [0.15, 0.2) is 30.3 Å². The molecule has 2 rings (SSSR count). The Morgan fingerprint density at radius 2 is 1.79 bits per heavy atom. The molecule has 0 radical (unpaired) electrons. The second kappa shape index (κ2) is 5.04. The number of benzene rings is 1. The number of alkyl carbamates (subject to hydrolysis) is 1. The Kier molecular flexibility index (Phi) is 4.27. The van der Waals surface area contributed by atoms with Crippen molar-refractivity contribution in [2.75, 3.05) is 0 Å². The standard InChI is InChI=1S/C9H7NO3.K.H/c11-8-7(10-9(12)13-8)6-4-2-1-3-5-6;;/h1-5,7H,(H,10,12);;. The summed E-state index contributed by atoms with van der Waals surface area (Å²) < 4.78 is 4.34. The first kappa shape index (κ1) is 11.9. The fourth-order valence-corrected chi connectivity index (χ4v) is 1.22. The summed E-state index contributed by atoms with van der Waals surface area (Å²) in [5.41, 5.74) is 0.735. The molecule has 1 aromatic carbocycles. The van der Waals surface area contributed by atoms with Gasteiger partial charge in [-0.15, -0.1) is 0 Å². The van der Waals surface area contributed by atoms with E-state index >= 15 is 0 Å². The van der Waals surface area contributed by atoms with Gasteiger partial charge in [-0.2, -0.15) is 0 Å². The molecule has 1 amide bonds. The van der Waals surface area contributed by atoms with Gasteiger partial charge in [0.15, 0.2) is 6.04 Å². The summed E-state index contributed by atoms with van der Waals surface area (Å²) in [6, 6.07) is 8.31. The van der Waals surface area contributed by atoms with Crippen LogP contribution in [0.2, 0.25) is 0 Å². The first-order valence-corrected chi connectivity index (χ1v) is 3.84. The Bertz CT molecular complexity index is 352. The van der Waals surface area contributed by atoms with Crippen molar-refractivity contribution in [3.05, 3.63) is 35.9 Å². The van der Waals surface area contributed by atoms with E-state index in [1.165, 1.54) is 0 Å². The molecule has 4 nitrogen and oxygen atoms in total. The third-order valence-corrected chi connectivity index (χ3v) is 1.82. The zero-order chi connectivity index (χ0) is 9.26. The van der Waals surface area contributed by atoms with Gasteiger partial charge >= 0.3 is 63.4 Å². The van der Waals surface area contributed by atoms with E-state index in [9.17, 15) is 9.59 Å². The van der Waals surface area contributed by atoms with Crippen LogP contribution in [0.4, 0.5) is 4.79 Å². The quantitative estimate of drug-likeness (QED) is 0.419. The van der Waals surface area contributed by atoms with Gasteiger partial charge in [-0.05, 0) is 5.56 Å². The van der Waals surface area contributed by atoms with Crippen molar-refractivity contribution in [1.82, 2.24) is 5.32 Å². The van der Waals surface area contributed by atoms with Crippen LogP contribution in [-0.4, -0.2) is 63.4 Å². The number of cyclic esters (lactones) is 2. The van der Waals surface area contributed by atoms with Crippen molar-refractivity contribution in [3.63, 3.8) is 0 Å². The van der Waals surface area contributed by atoms with E-state index < -0.39 is 18.1 Å². The van der Waals surface area contributed by atoms with Gasteiger partial charge in [0.2, 0.25) is 0 Å². The topological polar surface area (TPSA) is 55.4 Å². The molecule has 1 aromatic rings. The maximum absolute atomic E-state index is 11.1. The second-order valence-electron chi connectivity index (χ2n) is 2.70. The number of hydrogen-bond acceptors (Lipinski definition) is 3. The van der Waals surface area contributed by atoms with Crippen molar-refractivity contribution in [1.29, 1.82) is 0 Å². The molecular formula is C9H8KNO3. The Morgan fingerprint density at radius 1 is 1.14 bits per heavy atom. The SMILES string of the molecule is O=C1NC(c2ccccc2)C(=O)O1.[KH]. The number of nitrogens with one attached hydrogen (secondary N) is 1. The minimum atomic E-state index is -0.682. The maximum atomic E-state index is 11.1. The van der Waals surface area contributed by atoms with E-state index in [-0.39, 0.29) is 51.4 Å². The number of rotatable bonds is 1. The Morgan fingerprint density at radius 3 is 2.29 bits per heavy atom. The average molecular weight is 217 g/mol. The number of hydrogen-bond donors (Lipinski definition) is 1. The average Bonchev–Trinajstić information content (AvgIpc) is 2.47. The first-order valence-electron chi connectivity index (χ1n) is 3.84. The van der Waals surface area contributed by atoms with E-state index in [1.54, 1.807) is 24.3 Å². The van der Waals surface area contributed by atoms with Crippen LogP contribution in [0.1, 0.15) is 11.6 Å². The van der Waals surface area contributed by atoms with E-state index in [0.717, 1.165) is 5.56 Å². The molecule has 5 heteroatoms. The molecule has 1 N–H and O–H groups in total. The molecule has 1 saturated heterocycles. The van der Waals surface area contributed by atoms with Crippen molar-refractivity contribution in [2.24, 2.45) is 0 Å². The van der Waals surface area contributed by atoms with Crippen LogP contribution in [0.5, 0.6) is 0 Å². The van der Waals surface area contributed by atoms with Crippen LogP contribution in [0.25, 0.3) is 0 Å². The molecule has 1 heterocycles. The van der Waals surface area contributed by atoms with Gasteiger partial charge in [0.25, 0.3) is 0 Å². The van der Waals surface area contributed by atoms with Gasteiger partial charge < -0.3 is 10.1 Å². The molecule has 0 aromatic heterocycles. The van der Waals surface area contributed by atoms with E-state index in [2.05, 4.69) is 10.1 Å². The zero-order valence-electron chi connectivity index (χ0n) is 6.69. The molecule has 1 fully saturated rings. The van der Waals surface area contributed by atoms with Crippen molar-refractivity contribution < 1.29 is 14.3 Å². The first-order chi connectivity index (χ1) is 6.27. The number of amides is 1. The predicted molar refractivity (Wildman–Crippen MR) is 51.0 cm³/mol. The summed E-state index contributed by atoms with van der Waals surface area (Å²) >= 11 is 0. The third-order valence-electron chi connectivity index (χ3n) is 1.82. The van der Waals surface area contributed by atoms with E-state index in [0.29, 0.717) is 0 Å². The van der Waals surface area contributed by atoms with Crippen LogP contribution < -0.4 is 5.32 Å². The van der Waals surface area contributed by atoms with Crippen molar-refractivity contribution in [3.8, 4) is 0 Å². The monoisotopic (exact) mass is 217 g/mol. The van der Waals surface area contributed by atoms with E-state index in [1.807, 2.05) is 6.07 Å². The summed E-state index contributed by atoms with van der Waals surface area (Å²) in [7, 11) is 0. The van der Waals surface area contributed by atoms with Crippen LogP contribution >= 0.6 is 0 Å². The Labute approximate surface area is 123 Å². The summed E-state index contributed by atoms with van der Waals surface area (Å²) in [6.07, 6.45) is -0.682. The van der Waals surface area contributed by atoms with E-state index in [4.69, 9.17) is 0 Å². The number of carbonyl (C=O) groups excluding carboxylic acids is 2. The molecule has 1 unspecified atom stereocenters. The van der Waals surface area contributed by atoms with Gasteiger partial charge in [0.05, 0.1) is 0 Å². The van der Waals surface area contributed by atoms with Gasteiger partial charge in [-0.3, -0.25) is 0 Å². The summed E-state index contributed by atoms with van der Waals surface area (Å²) in [6.45, 7) is 0. The summed E-state index contributed by atoms with van der Waals surface area (Å²) in [5, 5.41) is 2.41. The van der Waals surface area contributed by atoms with Crippen LogP contribution in [0, 0.1) is 0 Å². The van der Waals surface area contributed by atoms with Crippen molar-refractivity contribution >= 4 is 63.4 Å². The van der Waals surface area contributed by atoms with Gasteiger partial charge in [0.1, 0.15) is 0 Å². The molecule has 0 spiro atoms. The molecule has 1 aliphatic rings. The molecule has 68 valence electrons. The molecule has 1 atom stereocenters.